The minimum absolute atomic E-state index is 0. The first-order chi connectivity index (χ1) is 11.2. The summed E-state index contributed by atoms with van der Waals surface area (Å²) in [5.41, 5.74) is 4.61. The fourth-order valence-electron chi connectivity index (χ4n) is 2.48. The molecule has 3 heterocycles. The van der Waals surface area contributed by atoms with Crippen molar-refractivity contribution >= 4 is 24.9 Å². The number of anilines is 1. The summed E-state index contributed by atoms with van der Waals surface area (Å²) in [6.45, 7) is -0.664. The first-order valence-corrected chi connectivity index (χ1v) is 8.04. The van der Waals surface area contributed by atoms with E-state index in [4.69, 9.17) is 10.5 Å². The van der Waals surface area contributed by atoms with Crippen LogP contribution in [0.4, 0.5) is 5.95 Å². The van der Waals surface area contributed by atoms with Crippen molar-refractivity contribution in [3.63, 3.8) is 0 Å². The van der Waals surface area contributed by atoms with Gasteiger partial charge in [-0.25, -0.2) is 4.98 Å². The number of nitrogen functional groups attached to an aromatic ring is 1. The number of hydrogen-bond acceptors (Lipinski definition) is 11. The summed E-state index contributed by atoms with van der Waals surface area (Å²) in [4.78, 5) is 43.5. The van der Waals surface area contributed by atoms with E-state index in [9.17, 15) is 29.4 Å². The summed E-state index contributed by atoms with van der Waals surface area (Å²) >= 11 is 0. The Morgan fingerprint density at radius 1 is 1.46 bits per heavy atom. The Balaban J connectivity index is 0.00000169. The monoisotopic (exact) mass is 407 g/mol. The van der Waals surface area contributed by atoms with Crippen LogP contribution in [0, 0.1) is 0 Å². The van der Waals surface area contributed by atoms with Crippen LogP contribution in [0.3, 0.4) is 0 Å². The number of phosphoric ester groups is 1. The Labute approximate surface area is 189 Å². The molecule has 0 spiro atoms. The summed E-state index contributed by atoms with van der Waals surface area (Å²) in [5.74, 6) is -0.234. The Morgan fingerprint density at radius 2 is 2.12 bits per heavy atom. The van der Waals surface area contributed by atoms with Crippen LogP contribution in [-0.2, 0) is 13.8 Å². The van der Waals surface area contributed by atoms with Gasteiger partial charge in [0.25, 0.3) is 5.56 Å². The number of aromatic nitrogens is 4. The van der Waals surface area contributed by atoms with Crippen molar-refractivity contribution in [3.05, 3.63) is 16.7 Å². The molecule has 0 aliphatic carbocycles. The van der Waals surface area contributed by atoms with Crippen LogP contribution < -0.4 is 80.2 Å². The summed E-state index contributed by atoms with van der Waals surface area (Å²) in [6.07, 6.45) is -4.80. The Bertz CT molecular complexity index is 871. The van der Waals surface area contributed by atoms with E-state index in [1.165, 1.54) is 0 Å². The third kappa shape index (κ3) is 4.75. The third-order valence-corrected chi connectivity index (χ3v) is 3.97. The number of aliphatic hydroxyl groups is 2. The number of aliphatic hydroxyl groups excluding tert-OH is 2. The van der Waals surface area contributed by atoms with Gasteiger partial charge in [0.1, 0.15) is 18.3 Å². The molecule has 0 aromatic carbocycles. The number of fused-ring (bicyclic) bond motifs is 1. The molecule has 3 rings (SSSR count). The summed E-state index contributed by atoms with van der Waals surface area (Å²) in [6, 6.07) is 0. The first-order valence-electron chi connectivity index (χ1n) is 6.58. The predicted molar refractivity (Wildman–Crippen MR) is 72.0 cm³/mol. The Hall–Kier alpha value is 0.140. The minimum Gasteiger partial charge on any atom is -0.790 e. The molecule has 0 saturated carbocycles. The average Bonchev–Trinajstić information content (AvgIpc) is 3.00. The van der Waals surface area contributed by atoms with Gasteiger partial charge in [-0.1, -0.05) is 0 Å². The molecule has 0 amide bonds. The van der Waals surface area contributed by atoms with Crippen molar-refractivity contribution in [1.29, 1.82) is 0 Å². The molecule has 1 saturated heterocycles. The van der Waals surface area contributed by atoms with E-state index in [1.54, 1.807) is 0 Å². The minimum atomic E-state index is -5.48. The molecule has 132 valence electrons. The second kappa shape index (κ2) is 9.09. The topological polar surface area (TPSA) is 212 Å². The molecule has 4 unspecified atom stereocenters. The van der Waals surface area contributed by atoms with Crippen molar-refractivity contribution < 1.29 is 92.9 Å². The number of ether oxygens (including phenoxy) is 1. The van der Waals surface area contributed by atoms with Gasteiger partial charge in [-0.2, -0.15) is 4.98 Å². The van der Waals surface area contributed by atoms with Crippen molar-refractivity contribution in [3.8, 4) is 0 Å². The van der Waals surface area contributed by atoms with Crippen LogP contribution >= 0.6 is 7.82 Å². The smallest absolute Gasteiger partial charge is 0.790 e. The predicted octanol–water partition coefficient (Wildman–Crippen LogP) is -9.83. The standard InChI is InChI=1S/C10H14N5O8P.2Na/c11-10-13-7-4(8(18)14-10)12-2-15(7)9-6(23-24(19,20)21)5(17)3(1-16)22-9;;/h2-3,5-6,9,16-17H,1H2,(H2,19,20,21)(H3,11,13,14,18);;/q;2*+1/p-2. The molecule has 0 bridgehead atoms. The molecular weight excluding hydrogens is 395 g/mol. The van der Waals surface area contributed by atoms with Crippen molar-refractivity contribution in [2.45, 2.75) is 24.5 Å². The number of aromatic amines is 1. The molecule has 16 heteroatoms. The quantitative estimate of drug-likeness (QED) is 0.276. The van der Waals surface area contributed by atoms with Crippen LogP contribution in [0.1, 0.15) is 6.23 Å². The maximum atomic E-state index is 11.8. The number of nitrogens with zero attached hydrogens (tertiary/aromatic N) is 3. The van der Waals surface area contributed by atoms with Gasteiger partial charge in [0.2, 0.25) is 5.95 Å². The zero-order chi connectivity index (χ0) is 17.6. The van der Waals surface area contributed by atoms with Gasteiger partial charge in [0, 0.05) is 0 Å². The molecule has 0 radical (unpaired) electrons. The molecule has 2 aromatic heterocycles. The molecule has 4 atom stereocenters. The number of phosphoric acid groups is 1. The molecule has 26 heavy (non-hydrogen) atoms. The number of imidazole rings is 1. The first kappa shape index (κ1) is 24.2. The maximum absolute atomic E-state index is 11.8. The van der Waals surface area contributed by atoms with Gasteiger partial charge in [-0.3, -0.25) is 14.3 Å². The summed E-state index contributed by atoms with van der Waals surface area (Å²) in [7, 11) is -5.48. The molecule has 5 N–H and O–H groups in total. The van der Waals surface area contributed by atoms with Crippen molar-refractivity contribution in [2.24, 2.45) is 0 Å². The molecule has 1 aliphatic rings. The third-order valence-electron chi connectivity index (χ3n) is 3.47. The van der Waals surface area contributed by atoms with Crippen molar-refractivity contribution in [1.82, 2.24) is 19.5 Å². The fourth-order valence-corrected chi connectivity index (χ4v) is 3.01. The Kier molecular flexibility index (Phi) is 8.46. The number of nitrogens with two attached hydrogens (primary N) is 1. The average molecular weight is 407 g/mol. The second-order valence-corrected chi connectivity index (χ2v) is 6.14. The number of H-pyrrole nitrogens is 1. The van der Waals surface area contributed by atoms with Gasteiger partial charge in [-0.15, -0.1) is 0 Å². The molecule has 13 nitrogen and oxygen atoms in total. The molecule has 1 fully saturated rings. The van der Waals surface area contributed by atoms with Gasteiger partial charge >= 0.3 is 59.1 Å². The van der Waals surface area contributed by atoms with Crippen LogP contribution in [0.15, 0.2) is 11.1 Å². The van der Waals surface area contributed by atoms with E-state index in [-0.39, 0.29) is 76.2 Å². The van der Waals surface area contributed by atoms with Gasteiger partial charge < -0.3 is 39.6 Å². The van der Waals surface area contributed by atoms with E-state index < -0.39 is 44.5 Å². The zero-order valence-corrected chi connectivity index (χ0v) is 18.7. The van der Waals surface area contributed by atoms with E-state index in [0.717, 1.165) is 10.9 Å². The molecular formula is C10H12N5Na2O8P. The zero-order valence-electron chi connectivity index (χ0n) is 13.8. The number of rotatable bonds is 4. The number of hydrogen-bond donors (Lipinski definition) is 4. The van der Waals surface area contributed by atoms with Gasteiger partial charge in [0.05, 0.1) is 20.8 Å². The van der Waals surface area contributed by atoms with E-state index in [0.29, 0.717) is 0 Å². The van der Waals surface area contributed by atoms with E-state index in [2.05, 4.69) is 19.5 Å². The van der Waals surface area contributed by atoms with E-state index in [1.807, 2.05) is 0 Å². The van der Waals surface area contributed by atoms with Gasteiger partial charge in [0.15, 0.2) is 17.4 Å². The maximum Gasteiger partial charge on any atom is 1.00 e. The van der Waals surface area contributed by atoms with Crippen LogP contribution in [0.2, 0.25) is 0 Å². The van der Waals surface area contributed by atoms with Gasteiger partial charge in [-0.05, 0) is 0 Å². The normalized spacial score (nSPS) is 25.7. The van der Waals surface area contributed by atoms with Crippen LogP contribution in [-0.4, -0.2) is 54.7 Å². The van der Waals surface area contributed by atoms with E-state index >= 15 is 0 Å². The molecule has 1 aliphatic heterocycles. The second-order valence-electron chi connectivity index (χ2n) is 5.03. The SMILES string of the molecule is Nc1nc2c(ncn2C2OC(CO)C(O)C2OP(=O)([O-])[O-])c(=O)[nH]1.[Na+].[Na+]. The largest absolute Gasteiger partial charge is 1.00 e. The number of nitrogens with one attached hydrogen (secondary N) is 1. The Morgan fingerprint density at radius 3 is 2.69 bits per heavy atom. The fraction of sp³-hybridized carbons (Fsp3) is 0.500. The summed E-state index contributed by atoms with van der Waals surface area (Å²) in [5, 5.41) is 19.2. The molecule has 2 aromatic rings. The van der Waals surface area contributed by atoms with Crippen molar-refractivity contribution in [2.75, 3.05) is 12.3 Å². The summed E-state index contributed by atoms with van der Waals surface area (Å²) < 4.78 is 21.7. The van der Waals surface area contributed by atoms with Crippen LogP contribution in [0.25, 0.3) is 11.2 Å². The van der Waals surface area contributed by atoms with Crippen LogP contribution in [0.5, 0.6) is 0 Å².